The first-order valence-electron chi connectivity index (χ1n) is 11.5. The molecule has 1 aliphatic heterocycles. The zero-order chi connectivity index (χ0) is 23.7. The van der Waals surface area contributed by atoms with Crippen LogP contribution in [0.1, 0.15) is 93.1 Å². The summed E-state index contributed by atoms with van der Waals surface area (Å²) in [6.07, 6.45) is 5.18. The van der Waals surface area contributed by atoms with Crippen LogP contribution in [0.15, 0.2) is 58.2 Å². The predicted octanol–water partition coefficient (Wildman–Crippen LogP) is 8.78. The molecule has 0 saturated carbocycles. The Bertz CT molecular complexity index is 911. The van der Waals surface area contributed by atoms with Gasteiger partial charge in [0.15, 0.2) is 0 Å². The Morgan fingerprint density at radius 2 is 1.74 bits per heavy atom. The third kappa shape index (κ3) is 6.78. The van der Waals surface area contributed by atoms with Crippen molar-refractivity contribution in [2.75, 3.05) is 5.32 Å². The maximum atomic E-state index is 13.7. The number of fused-ring (bicyclic) bond motifs is 1. The molecule has 0 atom stereocenters. The molecule has 1 N–H and O–H groups in total. The predicted molar refractivity (Wildman–Crippen MR) is 134 cm³/mol. The molecule has 1 heterocycles. The fourth-order valence-corrected chi connectivity index (χ4v) is 4.04. The number of hydrogen-bond donors (Lipinski definition) is 1. The molecular weight excluding hydrogens is 385 g/mol. The molecule has 0 spiro atoms. The van der Waals surface area contributed by atoms with Crippen molar-refractivity contribution in [1.82, 2.24) is 0 Å². The molecule has 1 aromatic carbocycles. The molecule has 1 aromatic rings. The molecule has 0 aromatic heterocycles. The highest BCUT2D eigenvalue weighted by atomic mass is 19.1. The monoisotopic (exact) mass is 425 g/mol. The third-order valence-electron chi connectivity index (χ3n) is 5.50. The van der Waals surface area contributed by atoms with Crippen LogP contribution in [0.25, 0.3) is 5.57 Å². The number of amides is 1. The van der Waals surface area contributed by atoms with Crippen molar-refractivity contribution in [3.8, 4) is 0 Å². The summed E-state index contributed by atoms with van der Waals surface area (Å²) in [6.45, 7) is 20.2. The fourth-order valence-electron chi connectivity index (χ4n) is 4.04. The van der Waals surface area contributed by atoms with Crippen LogP contribution in [0, 0.1) is 5.82 Å². The average Bonchev–Trinajstić information content (AvgIpc) is 3.04. The van der Waals surface area contributed by atoms with Crippen LogP contribution in [0.4, 0.5) is 10.1 Å². The minimum atomic E-state index is -0.305. The summed E-state index contributed by atoms with van der Waals surface area (Å²) >= 11 is 0. The second-order valence-corrected chi connectivity index (χ2v) is 8.32. The summed E-state index contributed by atoms with van der Waals surface area (Å²) < 4.78 is 13.7. The van der Waals surface area contributed by atoms with Gasteiger partial charge in [0, 0.05) is 11.3 Å². The van der Waals surface area contributed by atoms with Crippen molar-refractivity contribution in [3.05, 3.63) is 69.6 Å². The van der Waals surface area contributed by atoms with Crippen molar-refractivity contribution in [2.45, 2.75) is 87.5 Å². The normalized spacial score (nSPS) is 18.2. The number of carbonyl (C=O) groups excluding carboxylic acids is 1. The molecule has 1 amide bonds. The van der Waals surface area contributed by atoms with Crippen molar-refractivity contribution >= 4 is 17.2 Å². The lowest BCUT2D eigenvalue weighted by molar-refractivity contribution is -0.110. The van der Waals surface area contributed by atoms with E-state index in [9.17, 15) is 9.18 Å². The van der Waals surface area contributed by atoms with E-state index in [0.29, 0.717) is 16.8 Å². The average molecular weight is 426 g/mol. The van der Waals surface area contributed by atoms with Crippen LogP contribution in [0.2, 0.25) is 0 Å². The van der Waals surface area contributed by atoms with E-state index in [0.717, 1.165) is 37.7 Å². The van der Waals surface area contributed by atoms with E-state index in [-0.39, 0.29) is 11.7 Å². The highest BCUT2D eigenvalue weighted by Gasteiger charge is 2.30. The first-order chi connectivity index (χ1) is 14.7. The van der Waals surface area contributed by atoms with Gasteiger partial charge in [-0.3, -0.25) is 4.79 Å². The summed E-state index contributed by atoms with van der Waals surface area (Å²) in [4.78, 5) is 12.6. The van der Waals surface area contributed by atoms with E-state index in [4.69, 9.17) is 0 Å². The number of carbonyl (C=O) groups is 1. The number of anilines is 1. The van der Waals surface area contributed by atoms with Gasteiger partial charge < -0.3 is 5.32 Å². The molecule has 2 nitrogen and oxygen atoms in total. The molecule has 0 bridgehead atoms. The Balaban J connectivity index is 0.000000720. The van der Waals surface area contributed by atoms with Crippen molar-refractivity contribution in [2.24, 2.45) is 0 Å². The Morgan fingerprint density at radius 3 is 2.32 bits per heavy atom. The number of benzene rings is 1. The van der Waals surface area contributed by atoms with Crippen LogP contribution < -0.4 is 5.32 Å². The van der Waals surface area contributed by atoms with Gasteiger partial charge in [-0.1, -0.05) is 38.3 Å². The van der Waals surface area contributed by atoms with E-state index in [2.05, 4.69) is 39.6 Å². The Hall–Kier alpha value is -2.42. The minimum Gasteiger partial charge on any atom is -0.321 e. The van der Waals surface area contributed by atoms with Crippen LogP contribution >= 0.6 is 0 Å². The lowest BCUT2D eigenvalue weighted by Crippen LogP contribution is -2.10. The van der Waals surface area contributed by atoms with Crippen LogP contribution in [0.5, 0.6) is 0 Å². The zero-order valence-corrected chi connectivity index (χ0v) is 20.8. The van der Waals surface area contributed by atoms with Gasteiger partial charge in [-0.25, -0.2) is 4.39 Å². The van der Waals surface area contributed by atoms with Gasteiger partial charge in [-0.15, -0.1) is 6.58 Å². The second-order valence-electron chi connectivity index (χ2n) is 8.32. The minimum absolute atomic E-state index is 0.108. The van der Waals surface area contributed by atoms with Crippen molar-refractivity contribution in [3.63, 3.8) is 0 Å². The first kappa shape index (κ1) is 26.6. The molecule has 3 heteroatoms. The molecule has 3 rings (SSSR count). The topological polar surface area (TPSA) is 29.1 Å². The molecule has 170 valence electrons. The number of hydrogen-bond acceptors (Lipinski definition) is 1. The van der Waals surface area contributed by atoms with Crippen LogP contribution in [-0.4, -0.2) is 5.91 Å². The van der Waals surface area contributed by atoms with Gasteiger partial charge in [-0.05, 0) is 101 Å². The highest BCUT2D eigenvalue weighted by Crippen LogP contribution is 2.42. The quantitative estimate of drug-likeness (QED) is 0.380. The molecule has 0 fully saturated rings. The summed E-state index contributed by atoms with van der Waals surface area (Å²) in [5, 5.41) is 2.88. The highest BCUT2D eigenvalue weighted by molar-refractivity contribution is 6.32. The van der Waals surface area contributed by atoms with Crippen molar-refractivity contribution in [1.29, 1.82) is 0 Å². The van der Waals surface area contributed by atoms with Gasteiger partial charge in [0.05, 0.1) is 5.57 Å². The first-order valence-corrected chi connectivity index (χ1v) is 11.5. The van der Waals surface area contributed by atoms with E-state index in [1.54, 1.807) is 6.07 Å². The fraction of sp³-hybridized carbons (Fsp3) is 0.464. The van der Waals surface area contributed by atoms with E-state index in [1.807, 2.05) is 27.7 Å². The molecule has 0 unspecified atom stereocenters. The SMILES string of the molecule is C=C(C)C.CC.CCC/C(C)=C(/C)C1=C(C)/C(=C2\C(=O)Nc3ccc(F)cc32)CCC1. The maximum absolute atomic E-state index is 13.7. The van der Waals surface area contributed by atoms with E-state index in [1.165, 1.54) is 40.0 Å². The summed E-state index contributed by atoms with van der Waals surface area (Å²) in [5.41, 5.74) is 9.65. The lowest BCUT2D eigenvalue weighted by atomic mass is 9.80. The Kier molecular flexibility index (Phi) is 10.7. The smallest absolute Gasteiger partial charge is 0.256 e. The summed E-state index contributed by atoms with van der Waals surface area (Å²) in [6, 6.07) is 4.51. The van der Waals surface area contributed by atoms with Gasteiger partial charge in [0.2, 0.25) is 0 Å². The summed E-state index contributed by atoms with van der Waals surface area (Å²) in [7, 11) is 0. The number of allylic oxidation sites excluding steroid dienone is 6. The standard InChI is InChI=1S/C22H26FNO.C4H8.C2H6/c1-5-7-13(2)14(3)17-8-6-9-18(15(17)4)21-19-12-16(23)10-11-20(19)24-22(21)25;1-4(2)3;1-2/h10-12H,5-9H2,1-4H3,(H,24,25);1H2,2-3H3;1-2H3/b14-13-,21-18-;;. The van der Waals surface area contributed by atoms with E-state index >= 15 is 0 Å². The molecule has 31 heavy (non-hydrogen) atoms. The molecule has 1 aliphatic carbocycles. The van der Waals surface area contributed by atoms with Crippen LogP contribution in [0.3, 0.4) is 0 Å². The Labute approximate surface area is 189 Å². The van der Waals surface area contributed by atoms with Gasteiger partial charge in [-0.2, -0.15) is 0 Å². The van der Waals surface area contributed by atoms with E-state index < -0.39 is 0 Å². The van der Waals surface area contributed by atoms with Crippen molar-refractivity contribution < 1.29 is 9.18 Å². The Morgan fingerprint density at radius 1 is 1.13 bits per heavy atom. The van der Waals surface area contributed by atoms with Gasteiger partial charge >= 0.3 is 0 Å². The number of nitrogens with one attached hydrogen (secondary N) is 1. The largest absolute Gasteiger partial charge is 0.321 e. The van der Waals surface area contributed by atoms with Crippen LogP contribution in [-0.2, 0) is 4.79 Å². The maximum Gasteiger partial charge on any atom is 0.256 e. The lowest BCUT2D eigenvalue weighted by Gasteiger charge is -2.24. The second kappa shape index (κ2) is 12.4. The third-order valence-corrected chi connectivity index (χ3v) is 5.50. The van der Waals surface area contributed by atoms with Gasteiger partial charge in [0.1, 0.15) is 5.82 Å². The molecular formula is C28H40FNO. The summed E-state index contributed by atoms with van der Waals surface area (Å²) in [5.74, 6) is -0.413. The number of halogens is 1. The zero-order valence-electron chi connectivity index (χ0n) is 20.8. The molecule has 0 radical (unpaired) electrons. The van der Waals surface area contributed by atoms with Gasteiger partial charge in [0.25, 0.3) is 5.91 Å². The molecule has 2 aliphatic rings. The molecule has 0 saturated heterocycles. The number of rotatable bonds is 3.